The third-order valence-corrected chi connectivity index (χ3v) is 4.04. The molecule has 0 aromatic carbocycles. The highest BCUT2D eigenvalue weighted by Crippen LogP contribution is 2.11. The van der Waals surface area contributed by atoms with E-state index < -0.39 is 11.7 Å². The minimum Gasteiger partial charge on any atom is -0.444 e. The van der Waals surface area contributed by atoms with Crippen molar-refractivity contribution < 1.29 is 14.6 Å². The molecule has 1 atom stereocenters. The maximum atomic E-state index is 12.0. The molecule has 1 heterocycles. The van der Waals surface area contributed by atoms with E-state index in [1.165, 1.54) is 0 Å². The number of carbonyl (C=O) groups is 1. The molecule has 1 rings (SSSR count). The van der Waals surface area contributed by atoms with Crippen LogP contribution >= 0.6 is 0 Å². The van der Waals surface area contributed by atoms with Gasteiger partial charge in [-0.3, -0.25) is 4.99 Å². The average Bonchev–Trinajstić information content (AvgIpc) is 2.49. The van der Waals surface area contributed by atoms with Gasteiger partial charge in [0.2, 0.25) is 0 Å². The maximum absolute atomic E-state index is 12.0. The Hall–Kier alpha value is -1.50. The summed E-state index contributed by atoms with van der Waals surface area (Å²) >= 11 is 0. The van der Waals surface area contributed by atoms with Crippen LogP contribution < -0.4 is 10.6 Å². The summed E-state index contributed by atoms with van der Waals surface area (Å²) in [6.45, 7) is 14.5. The highest BCUT2D eigenvalue weighted by atomic mass is 16.6. The van der Waals surface area contributed by atoms with Gasteiger partial charge >= 0.3 is 6.09 Å². The Morgan fingerprint density at radius 3 is 2.40 bits per heavy atom. The molecule has 1 amide bonds. The molecule has 0 aromatic rings. The van der Waals surface area contributed by atoms with E-state index in [2.05, 4.69) is 29.4 Å². The third kappa shape index (κ3) is 8.43. The normalized spacial score (nSPS) is 18.2. The summed E-state index contributed by atoms with van der Waals surface area (Å²) in [4.78, 5) is 18.9. The molecule has 1 aliphatic heterocycles. The van der Waals surface area contributed by atoms with Gasteiger partial charge in [0, 0.05) is 19.6 Å². The van der Waals surface area contributed by atoms with Crippen LogP contribution in [0, 0.1) is 5.92 Å². The number of guanidine groups is 1. The van der Waals surface area contributed by atoms with Crippen LogP contribution in [0.3, 0.4) is 0 Å². The van der Waals surface area contributed by atoms with Crippen LogP contribution in [-0.4, -0.2) is 66.0 Å². The zero-order chi connectivity index (χ0) is 19.0. The molecular formula is C18H36N4O3. The van der Waals surface area contributed by atoms with Gasteiger partial charge in [0.05, 0.1) is 18.7 Å². The summed E-state index contributed by atoms with van der Waals surface area (Å²) in [6, 6.07) is -0.0983. The van der Waals surface area contributed by atoms with Gasteiger partial charge in [0.15, 0.2) is 5.96 Å². The van der Waals surface area contributed by atoms with E-state index >= 15 is 0 Å². The molecule has 0 saturated carbocycles. The number of hydrogen-bond acceptors (Lipinski definition) is 4. The third-order valence-electron chi connectivity index (χ3n) is 4.04. The second-order valence-corrected chi connectivity index (χ2v) is 7.91. The van der Waals surface area contributed by atoms with Crippen molar-refractivity contribution >= 4 is 12.1 Å². The number of ether oxygens (including phenoxy) is 1. The fraction of sp³-hybridized carbons (Fsp3) is 0.889. The highest BCUT2D eigenvalue weighted by molar-refractivity contribution is 5.80. The first kappa shape index (κ1) is 21.5. The molecule has 7 heteroatoms. The van der Waals surface area contributed by atoms with Gasteiger partial charge in [0.25, 0.3) is 0 Å². The van der Waals surface area contributed by atoms with Crippen molar-refractivity contribution in [2.75, 3.05) is 26.2 Å². The molecule has 0 spiro atoms. The predicted octanol–water partition coefficient (Wildman–Crippen LogP) is 1.96. The van der Waals surface area contributed by atoms with Gasteiger partial charge in [-0.15, -0.1) is 0 Å². The molecule has 0 aromatic heterocycles. The van der Waals surface area contributed by atoms with Crippen LogP contribution in [-0.2, 0) is 4.74 Å². The zero-order valence-electron chi connectivity index (χ0n) is 16.6. The van der Waals surface area contributed by atoms with Crippen LogP contribution in [0.2, 0.25) is 0 Å². The SMILES string of the molecule is CCNC(=NCC(NC(=O)OC(C)(C)C)C(C)C)N1CCC(O)CC1. The summed E-state index contributed by atoms with van der Waals surface area (Å²) in [5.41, 5.74) is -0.515. The lowest BCUT2D eigenvalue weighted by Gasteiger charge is -2.33. The Bertz CT molecular complexity index is 438. The van der Waals surface area contributed by atoms with Crippen molar-refractivity contribution in [2.24, 2.45) is 10.9 Å². The fourth-order valence-corrected chi connectivity index (χ4v) is 2.57. The van der Waals surface area contributed by atoms with Crippen LogP contribution in [0.25, 0.3) is 0 Å². The number of nitrogens with one attached hydrogen (secondary N) is 2. The Morgan fingerprint density at radius 2 is 1.92 bits per heavy atom. The molecule has 1 unspecified atom stereocenters. The lowest BCUT2D eigenvalue weighted by molar-refractivity contribution is 0.0492. The van der Waals surface area contributed by atoms with Crippen LogP contribution in [0.15, 0.2) is 4.99 Å². The van der Waals surface area contributed by atoms with Crippen LogP contribution in [0.5, 0.6) is 0 Å². The molecule has 1 aliphatic rings. The second-order valence-electron chi connectivity index (χ2n) is 7.91. The molecule has 1 saturated heterocycles. The minimum absolute atomic E-state index is 0.0983. The van der Waals surface area contributed by atoms with E-state index in [0.717, 1.165) is 38.4 Å². The number of alkyl carbamates (subject to hydrolysis) is 1. The highest BCUT2D eigenvalue weighted by Gasteiger charge is 2.23. The summed E-state index contributed by atoms with van der Waals surface area (Å²) in [6.07, 6.45) is 0.895. The number of likely N-dealkylation sites (tertiary alicyclic amines) is 1. The Kier molecular flexibility index (Phi) is 8.48. The minimum atomic E-state index is -0.515. The fourth-order valence-electron chi connectivity index (χ4n) is 2.57. The van der Waals surface area contributed by atoms with Crippen molar-refractivity contribution in [1.82, 2.24) is 15.5 Å². The van der Waals surface area contributed by atoms with Gasteiger partial charge in [-0.2, -0.15) is 0 Å². The standard InChI is InChI=1S/C18H36N4O3/c1-7-19-16(22-10-8-14(23)9-11-22)20-12-15(13(2)3)21-17(24)25-18(4,5)6/h13-15,23H,7-12H2,1-6H3,(H,19,20)(H,21,24). The summed E-state index contributed by atoms with van der Waals surface area (Å²) in [5, 5.41) is 15.9. The lowest BCUT2D eigenvalue weighted by Crippen LogP contribution is -2.48. The number of rotatable bonds is 5. The number of nitrogens with zero attached hydrogens (tertiary/aromatic N) is 2. The number of piperidine rings is 1. The molecule has 3 N–H and O–H groups in total. The summed E-state index contributed by atoms with van der Waals surface area (Å²) < 4.78 is 5.35. The lowest BCUT2D eigenvalue weighted by atomic mass is 10.1. The molecule has 146 valence electrons. The van der Waals surface area contributed by atoms with E-state index in [1.807, 2.05) is 27.7 Å². The molecular weight excluding hydrogens is 320 g/mol. The van der Waals surface area contributed by atoms with Crippen molar-refractivity contribution in [3.8, 4) is 0 Å². The molecule has 0 bridgehead atoms. The number of aliphatic imine (C=N–C) groups is 1. The first-order chi connectivity index (χ1) is 11.6. The maximum Gasteiger partial charge on any atom is 0.407 e. The van der Waals surface area contributed by atoms with E-state index in [-0.39, 0.29) is 18.1 Å². The number of aliphatic hydroxyl groups is 1. The zero-order valence-corrected chi connectivity index (χ0v) is 16.6. The van der Waals surface area contributed by atoms with Crippen molar-refractivity contribution in [3.63, 3.8) is 0 Å². The molecule has 25 heavy (non-hydrogen) atoms. The smallest absolute Gasteiger partial charge is 0.407 e. The number of aliphatic hydroxyl groups excluding tert-OH is 1. The Morgan fingerprint density at radius 1 is 1.32 bits per heavy atom. The van der Waals surface area contributed by atoms with Gasteiger partial charge in [-0.25, -0.2) is 4.79 Å². The molecule has 1 fully saturated rings. The first-order valence-corrected chi connectivity index (χ1v) is 9.33. The largest absolute Gasteiger partial charge is 0.444 e. The van der Waals surface area contributed by atoms with E-state index in [4.69, 9.17) is 9.73 Å². The molecule has 0 radical (unpaired) electrons. The monoisotopic (exact) mass is 356 g/mol. The predicted molar refractivity (Wildman–Crippen MR) is 101 cm³/mol. The number of hydrogen-bond donors (Lipinski definition) is 3. The summed E-state index contributed by atoms with van der Waals surface area (Å²) in [5.74, 6) is 1.08. The number of amides is 1. The molecule has 7 nitrogen and oxygen atoms in total. The number of carbonyl (C=O) groups excluding carboxylic acids is 1. The molecule has 0 aliphatic carbocycles. The second kappa shape index (κ2) is 9.85. The first-order valence-electron chi connectivity index (χ1n) is 9.33. The van der Waals surface area contributed by atoms with Gasteiger partial charge in [-0.05, 0) is 46.5 Å². The Balaban J connectivity index is 2.70. The van der Waals surface area contributed by atoms with E-state index in [9.17, 15) is 9.90 Å². The van der Waals surface area contributed by atoms with Gasteiger partial charge in [0.1, 0.15) is 5.60 Å². The van der Waals surface area contributed by atoms with Gasteiger partial charge < -0.3 is 25.4 Å². The topological polar surface area (TPSA) is 86.2 Å². The average molecular weight is 357 g/mol. The van der Waals surface area contributed by atoms with Gasteiger partial charge in [-0.1, -0.05) is 13.8 Å². The van der Waals surface area contributed by atoms with Crippen molar-refractivity contribution in [2.45, 2.75) is 72.1 Å². The quantitative estimate of drug-likeness (QED) is 0.518. The van der Waals surface area contributed by atoms with Crippen LogP contribution in [0.1, 0.15) is 54.4 Å². The summed E-state index contributed by atoms with van der Waals surface area (Å²) in [7, 11) is 0. The van der Waals surface area contributed by atoms with Crippen molar-refractivity contribution in [1.29, 1.82) is 0 Å². The van der Waals surface area contributed by atoms with Crippen LogP contribution in [0.4, 0.5) is 4.79 Å². The Labute approximate surface area is 152 Å². The van der Waals surface area contributed by atoms with E-state index in [0.29, 0.717) is 6.54 Å². The van der Waals surface area contributed by atoms with Crippen molar-refractivity contribution in [3.05, 3.63) is 0 Å². The van der Waals surface area contributed by atoms with E-state index in [1.54, 1.807) is 0 Å².